The molecule has 1 atom stereocenters. The summed E-state index contributed by atoms with van der Waals surface area (Å²) in [5.41, 5.74) is 0.829. The lowest BCUT2D eigenvalue weighted by Crippen LogP contribution is -2.44. The van der Waals surface area contributed by atoms with Gasteiger partial charge in [-0.2, -0.15) is 0 Å². The molecule has 0 spiro atoms. The topological polar surface area (TPSA) is 32.8 Å². The van der Waals surface area contributed by atoms with Gasteiger partial charge in [-0.1, -0.05) is 0 Å². The van der Waals surface area contributed by atoms with Crippen molar-refractivity contribution in [2.45, 2.75) is 26.3 Å². The van der Waals surface area contributed by atoms with Crippen LogP contribution in [0.15, 0.2) is 18.2 Å². The van der Waals surface area contributed by atoms with Crippen molar-refractivity contribution in [1.82, 2.24) is 4.90 Å². The third kappa shape index (κ3) is 2.86. The summed E-state index contributed by atoms with van der Waals surface area (Å²) in [7, 11) is 1.92. The zero-order chi connectivity index (χ0) is 14.7. The lowest BCUT2D eigenvalue weighted by molar-refractivity contribution is -0.131. The van der Waals surface area contributed by atoms with E-state index in [4.69, 9.17) is 4.74 Å². The number of carbonyl (C=O) groups is 1. The minimum atomic E-state index is -0.310. The fraction of sp³-hybridized carbons (Fsp3) is 0.533. The van der Waals surface area contributed by atoms with Crippen molar-refractivity contribution in [3.63, 3.8) is 0 Å². The average Bonchev–Trinajstić information content (AvgIpc) is 2.43. The Labute approximate surface area is 119 Å². The molecule has 0 saturated heterocycles. The van der Waals surface area contributed by atoms with Gasteiger partial charge in [0.1, 0.15) is 18.2 Å². The maximum atomic E-state index is 13.2. The van der Waals surface area contributed by atoms with E-state index in [9.17, 15) is 9.18 Å². The van der Waals surface area contributed by atoms with Gasteiger partial charge in [0.2, 0.25) is 5.91 Å². The van der Waals surface area contributed by atoms with Crippen molar-refractivity contribution >= 4 is 11.6 Å². The highest BCUT2D eigenvalue weighted by atomic mass is 19.1. The predicted octanol–water partition coefficient (Wildman–Crippen LogP) is 2.28. The second kappa shape index (κ2) is 6.11. The number of likely N-dealkylation sites (N-methyl/N-ethyl adjacent to an activating group) is 1. The van der Waals surface area contributed by atoms with E-state index in [2.05, 4.69) is 0 Å². The first-order valence-corrected chi connectivity index (χ1v) is 6.99. The highest BCUT2D eigenvalue weighted by Crippen LogP contribution is 2.34. The van der Waals surface area contributed by atoms with Crippen LogP contribution in [0.25, 0.3) is 0 Å². The van der Waals surface area contributed by atoms with E-state index in [1.54, 1.807) is 6.07 Å². The maximum absolute atomic E-state index is 13.2. The highest BCUT2D eigenvalue weighted by molar-refractivity contribution is 5.77. The number of benzene rings is 1. The summed E-state index contributed by atoms with van der Waals surface area (Å²) in [6.07, 6.45) is 0.412. The number of amides is 1. The minimum absolute atomic E-state index is 0.0129. The molecule has 0 radical (unpaired) electrons. The lowest BCUT2D eigenvalue weighted by Gasteiger charge is -2.36. The zero-order valence-electron chi connectivity index (χ0n) is 12.2. The largest absolute Gasteiger partial charge is 0.489 e. The van der Waals surface area contributed by atoms with E-state index in [1.165, 1.54) is 12.1 Å². The molecule has 5 heteroatoms. The Morgan fingerprint density at radius 2 is 2.15 bits per heavy atom. The third-order valence-corrected chi connectivity index (χ3v) is 3.81. The van der Waals surface area contributed by atoms with Gasteiger partial charge in [0, 0.05) is 26.2 Å². The number of anilines is 1. The molecule has 0 saturated carbocycles. The van der Waals surface area contributed by atoms with Gasteiger partial charge in [0.25, 0.3) is 0 Å². The van der Waals surface area contributed by atoms with Crippen molar-refractivity contribution in [3.8, 4) is 5.75 Å². The zero-order valence-corrected chi connectivity index (χ0v) is 12.2. The maximum Gasteiger partial charge on any atom is 0.224 e. The number of hydrogen-bond acceptors (Lipinski definition) is 3. The van der Waals surface area contributed by atoms with Gasteiger partial charge in [-0.25, -0.2) is 4.39 Å². The molecule has 0 aliphatic carbocycles. The van der Waals surface area contributed by atoms with Gasteiger partial charge in [-0.3, -0.25) is 4.79 Å². The molecule has 1 amide bonds. The molecule has 1 aromatic rings. The summed E-state index contributed by atoms with van der Waals surface area (Å²) in [5, 5.41) is 0. The monoisotopic (exact) mass is 280 g/mol. The Morgan fingerprint density at radius 3 is 2.80 bits per heavy atom. The summed E-state index contributed by atoms with van der Waals surface area (Å²) in [6.45, 7) is 5.78. The molecule has 4 nitrogen and oxygen atoms in total. The van der Waals surface area contributed by atoms with Crippen LogP contribution in [-0.2, 0) is 4.79 Å². The molecule has 2 rings (SSSR count). The van der Waals surface area contributed by atoms with Crippen molar-refractivity contribution in [2.24, 2.45) is 0 Å². The molecule has 20 heavy (non-hydrogen) atoms. The molecule has 1 heterocycles. The fourth-order valence-corrected chi connectivity index (χ4v) is 2.49. The molecular weight excluding hydrogens is 259 g/mol. The number of hydrogen-bond donors (Lipinski definition) is 0. The molecule has 1 unspecified atom stereocenters. The van der Waals surface area contributed by atoms with Crippen LogP contribution < -0.4 is 9.64 Å². The van der Waals surface area contributed by atoms with E-state index >= 15 is 0 Å². The second-order valence-corrected chi connectivity index (χ2v) is 4.96. The van der Waals surface area contributed by atoms with Crippen molar-refractivity contribution < 1.29 is 13.9 Å². The van der Waals surface area contributed by atoms with Gasteiger partial charge < -0.3 is 14.5 Å². The number of fused-ring (bicyclic) bond motifs is 1. The van der Waals surface area contributed by atoms with Gasteiger partial charge >= 0.3 is 0 Å². The Morgan fingerprint density at radius 1 is 1.45 bits per heavy atom. The van der Waals surface area contributed by atoms with E-state index in [-0.39, 0.29) is 17.8 Å². The SMILES string of the molecule is CCN(CC)C(=O)CC1COc2cc(F)ccc2N1C. The Kier molecular flexibility index (Phi) is 4.47. The average molecular weight is 280 g/mol. The van der Waals surface area contributed by atoms with Crippen molar-refractivity contribution in [3.05, 3.63) is 24.0 Å². The first kappa shape index (κ1) is 14.6. The normalized spacial score (nSPS) is 17.4. The van der Waals surface area contributed by atoms with Gasteiger partial charge in [0.15, 0.2) is 0 Å². The highest BCUT2D eigenvalue weighted by Gasteiger charge is 2.28. The first-order valence-electron chi connectivity index (χ1n) is 6.99. The molecule has 110 valence electrons. The van der Waals surface area contributed by atoms with E-state index < -0.39 is 0 Å². The van der Waals surface area contributed by atoms with Crippen LogP contribution >= 0.6 is 0 Å². The first-order chi connectivity index (χ1) is 9.56. The summed E-state index contributed by atoms with van der Waals surface area (Å²) >= 11 is 0. The van der Waals surface area contributed by atoms with E-state index in [0.29, 0.717) is 31.9 Å². The predicted molar refractivity (Wildman–Crippen MR) is 76.6 cm³/mol. The quantitative estimate of drug-likeness (QED) is 0.848. The number of carbonyl (C=O) groups excluding carboxylic acids is 1. The number of rotatable bonds is 4. The standard InChI is InChI=1S/C15H21FN2O2/c1-4-18(5-2)15(19)9-12-10-20-14-8-11(16)6-7-13(14)17(12)3/h6-8,12H,4-5,9-10H2,1-3H3. The van der Waals surface area contributed by atoms with Crippen molar-refractivity contribution in [1.29, 1.82) is 0 Å². The molecular formula is C15H21FN2O2. The Hall–Kier alpha value is -1.78. The number of halogens is 1. The summed E-state index contributed by atoms with van der Waals surface area (Å²) in [4.78, 5) is 16.0. The van der Waals surface area contributed by atoms with Crippen LogP contribution in [-0.4, -0.2) is 43.6 Å². The Balaban J connectivity index is 2.09. The van der Waals surface area contributed by atoms with Crippen LogP contribution in [0.1, 0.15) is 20.3 Å². The second-order valence-electron chi connectivity index (χ2n) is 4.96. The van der Waals surface area contributed by atoms with Crippen LogP contribution in [0.2, 0.25) is 0 Å². The number of nitrogens with zero attached hydrogens (tertiary/aromatic N) is 2. The van der Waals surface area contributed by atoms with Crippen LogP contribution in [0.4, 0.5) is 10.1 Å². The van der Waals surface area contributed by atoms with Gasteiger partial charge in [-0.05, 0) is 26.0 Å². The van der Waals surface area contributed by atoms with Crippen LogP contribution in [0, 0.1) is 5.82 Å². The van der Waals surface area contributed by atoms with Crippen LogP contribution in [0.5, 0.6) is 5.75 Å². The number of ether oxygens (including phenoxy) is 1. The molecule has 1 aromatic carbocycles. The van der Waals surface area contributed by atoms with E-state index in [0.717, 1.165) is 5.69 Å². The summed E-state index contributed by atoms with van der Waals surface area (Å²) in [6, 6.07) is 4.47. The summed E-state index contributed by atoms with van der Waals surface area (Å²) in [5.74, 6) is 0.356. The van der Waals surface area contributed by atoms with Crippen LogP contribution in [0.3, 0.4) is 0 Å². The van der Waals surface area contributed by atoms with Crippen molar-refractivity contribution in [2.75, 3.05) is 31.6 Å². The molecule has 0 fully saturated rings. The molecule has 1 aliphatic heterocycles. The molecule has 1 aliphatic rings. The third-order valence-electron chi connectivity index (χ3n) is 3.81. The smallest absolute Gasteiger partial charge is 0.224 e. The fourth-order valence-electron chi connectivity index (χ4n) is 2.49. The minimum Gasteiger partial charge on any atom is -0.489 e. The Bertz CT molecular complexity index is 489. The van der Waals surface area contributed by atoms with E-state index in [1.807, 2.05) is 30.7 Å². The molecule has 0 aromatic heterocycles. The van der Waals surface area contributed by atoms with Gasteiger partial charge in [0.05, 0.1) is 18.2 Å². The molecule has 0 bridgehead atoms. The lowest BCUT2D eigenvalue weighted by atomic mass is 10.1. The molecule has 0 N–H and O–H groups in total. The van der Waals surface area contributed by atoms with Gasteiger partial charge in [-0.15, -0.1) is 0 Å². The summed E-state index contributed by atoms with van der Waals surface area (Å²) < 4.78 is 18.7.